The molecule has 2 N–H and O–H groups in total. The lowest BCUT2D eigenvalue weighted by Crippen LogP contribution is -2.07. The van der Waals surface area contributed by atoms with E-state index in [9.17, 15) is 4.79 Å². The van der Waals surface area contributed by atoms with Gasteiger partial charge in [0.25, 0.3) is 0 Å². The van der Waals surface area contributed by atoms with E-state index in [4.69, 9.17) is 4.98 Å². The van der Waals surface area contributed by atoms with Crippen LogP contribution in [0.2, 0.25) is 0 Å². The number of aromatic nitrogens is 4. The molecule has 27 heavy (non-hydrogen) atoms. The van der Waals surface area contributed by atoms with Crippen molar-refractivity contribution >= 4 is 23.1 Å². The van der Waals surface area contributed by atoms with E-state index in [1.807, 2.05) is 12.1 Å². The number of aryl methyl sites for hydroxylation is 1. The highest BCUT2D eigenvalue weighted by Gasteiger charge is 2.18. The smallest absolute Gasteiger partial charge is 0.222 e. The van der Waals surface area contributed by atoms with Gasteiger partial charge in [0, 0.05) is 36.6 Å². The molecule has 0 aliphatic heterocycles. The maximum absolute atomic E-state index is 11.3. The molecule has 0 saturated carbocycles. The van der Waals surface area contributed by atoms with Gasteiger partial charge < -0.3 is 10.3 Å². The minimum absolute atomic E-state index is 0.157. The van der Waals surface area contributed by atoms with Crippen LogP contribution >= 0.6 is 11.3 Å². The molecule has 3 aromatic heterocycles. The van der Waals surface area contributed by atoms with E-state index in [2.05, 4.69) is 51.5 Å². The zero-order valence-corrected chi connectivity index (χ0v) is 15.7. The van der Waals surface area contributed by atoms with E-state index >= 15 is 0 Å². The molecule has 0 atom stereocenters. The second kappa shape index (κ2) is 7.13. The molecule has 0 spiro atoms. The van der Waals surface area contributed by atoms with Crippen LogP contribution in [0.25, 0.3) is 32.5 Å². The number of H-pyrrole nitrogens is 1. The van der Waals surface area contributed by atoms with Crippen molar-refractivity contribution in [1.29, 1.82) is 0 Å². The van der Waals surface area contributed by atoms with E-state index < -0.39 is 0 Å². The Bertz CT molecular complexity index is 1080. The number of anilines is 1. The van der Waals surface area contributed by atoms with E-state index in [0.717, 1.165) is 32.5 Å². The number of imidazole rings is 1. The van der Waals surface area contributed by atoms with Crippen LogP contribution in [0, 0.1) is 6.92 Å². The predicted molar refractivity (Wildman–Crippen MR) is 107 cm³/mol. The summed E-state index contributed by atoms with van der Waals surface area (Å²) in [4.78, 5) is 28.9. The summed E-state index contributed by atoms with van der Waals surface area (Å²) in [5.41, 5.74) is 4.00. The standard InChI is InChI=1S/C20H17N5OS/c1-12-3-5-14(6-4-12)17-18(19-22-9-10-23-19)27-20(25-17)15-7-8-21-16(11-15)24-13(2)26/h3-11H,1-2H3,(H,22,23)(H,21,24,26). The van der Waals surface area contributed by atoms with Crippen LogP contribution in [0.15, 0.2) is 55.0 Å². The Morgan fingerprint density at radius 1 is 1.07 bits per heavy atom. The van der Waals surface area contributed by atoms with Crippen molar-refractivity contribution < 1.29 is 4.79 Å². The van der Waals surface area contributed by atoms with Gasteiger partial charge in [-0.15, -0.1) is 11.3 Å². The Balaban J connectivity index is 1.82. The molecule has 6 nitrogen and oxygen atoms in total. The first-order chi connectivity index (χ1) is 13.1. The number of thiazole rings is 1. The Hall–Kier alpha value is -3.32. The topological polar surface area (TPSA) is 83.6 Å². The van der Waals surface area contributed by atoms with Gasteiger partial charge >= 0.3 is 0 Å². The lowest BCUT2D eigenvalue weighted by Gasteiger charge is -2.02. The van der Waals surface area contributed by atoms with Crippen molar-refractivity contribution in [3.63, 3.8) is 0 Å². The lowest BCUT2D eigenvalue weighted by atomic mass is 10.1. The third-order valence-electron chi connectivity index (χ3n) is 3.98. The third-order valence-corrected chi connectivity index (χ3v) is 5.09. The summed E-state index contributed by atoms with van der Waals surface area (Å²) in [7, 11) is 0. The van der Waals surface area contributed by atoms with Crippen LogP contribution in [-0.2, 0) is 4.79 Å². The number of hydrogen-bond donors (Lipinski definition) is 2. The van der Waals surface area contributed by atoms with Crippen LogP contribution in [0.4, 0.5) is 5.82 Å². The van der Waals surface area contributed by atoms with Gasteiger partial charge in [-0.1, -0.05) is 29.8 Å². The van der Waals surface area contributed by atoms with Gasteiger partial charge in [0.05, 0.1) is 10.6 Å². The van der Waals surface area contributed by atoms with Crippen molar-refractivity contribution in [2.45, 2.75) is 13.8 Å². The first kappa shape index (κ1) is 17.1. The second-order valence-electron chi connectivity index (χ2n) is 6.11. The van der Waals surface area contributed by atoms with Gasteiger partial charge in [0.2, 0.25) is 5.91 Å². The number of rotatable bonds is 4. The van der Waals surface area contributed by atoms with Crippen molar-refractivity contribution in [3.05, 3.63) is 60.6 Å². The number of benzene rings is 1. The molecule has 134 valence electrons. The van der Waals surface area contributed by atoms with Crippen LogP contribution < -0.4 is 5.32 Å². The average Bonchev–Trinajstić information content (AvgIpc) is 3.32. The molecule has 0 unspecified atom stereocenters. The van der Waals surface area contributed by atoms with Crippen LogP contribution in [0.1, 0.15) is 12.5 Å². The van der Waals surface area contributed by atoms with Gasteiger partial charge in [0.1, 0.15) is 16.6 Å². The quantitative estimate of drug-likeness (QED) is 0.549. The molecule has 4 rings (SSSR count). The molecular weight excluding hydrogens is 358 g/mol. The van der Waals surface area contributed by atoms with Gasteiger partial charge in [-0.2, -0.15) is 0 Å². The number of carbonyl (C=O) groups excluding carboxylic acids is 1. The van der Waals surface area contributed by atoms with Gasteiger partial charge in [-0.25, -0.2) is 15.0 Å². The zero-order chi connectivity index (χ0) is 18.8. The maximum Gasteiger partial charge on any atom is 0.222 e. The number of amides is 1. The first-order valence-corrected chi connectivity index (χ1v) is 9.23. The fourth-order valence-electron chi connectivity index (χ4n) is 2.71. The molecular formula is C20H17N5OS. The summed E-state index contributed by atoms with van der Waals surface area (Å²) in [6.07, 6.45) is 5.20. The Labute approximate surface area is 160 Å². The number of pyridine rings is 1. The largest absolute Gasteiger partial charge is 0.344 e. The molecule has 0 aliphatic carbocycles. The van der Waals surface area contributed by atoms with Crippen molar-refractivity contribution in [2.24, 2.45) is 0 Å². The monoisotopic (exact) mass is 375 g/mol. The molecule has 0 bridgehead atoms. The zero-order valence-electron chi connectivity index (χ0n) is 14.9. The molecule has 1 aromatic carbocycles. The Morgan fingerprint density at radius 3 is 2.59 bits per heavy atom. The van der Waals surface area contributed by atoms with Crippen molar-refractivity contribution in [2.75, 3.05) is 5.32 Å². The normalized spacial score (nSPS) is 10.7. The number of nitrogens with one attached hydrogen (secondary N) is 2. The SMILES string of the molecule is CC(=O)Nc1cc(-c2nc(-c3ccc(C)cc3)c(-c3ncc[nH]3)s2)ccn1. The lowest BCUT2D eigenvalue weighted by molar-refractivity contribution is -0.114. The number of nitrogens with zero attached hydrogens (tertiary/aromatic N) is 3. The van der Waals surface area contributed by atoms with Crippen LogP contribution in [0.3, 0.4) is 0 Å². The summed E-state index contributed by atoms with van der Waals surface area (Å²) in [5, 5.41) is 3.55. The van der Waals surface area contributed by atoms with E-state index in [0.29, 0.717) is 5.82 Å². The first-order valence-electron chi connectivity index (χ1n) is 8.42. The fourth-order valence-corrected chi connectivity index (χ4v) is 3.76. The Kier molecular flexibility index (Phi) is 4.52. The summed E-state index contributed by atoms with van der Waals surface area (Å²) in [5.74, 6) is 1.13. The third kappa shape index (κ3) is 3.63. The molecule has 1 amide bonds. The predicted octanol–water partition coefficient (Wildman–Crippen LogP) is 4.53. The molecule has 3 heterocycles. The number of aromatic amines is 1. The van der Waals surface area contributed by atoms with Gasteiger partial charge in [-0.05, 0) is 19.1 Å². The number of hydrogen-bond acceptors (Lipinski definition) is 5. The number of carbonyl (C=O) groups is 1. The van der Waals surface area contributed by atoms with Gasteiger partial charge in [0.15, 0.2) is 0 Å². The highest BCUT2D eigenvalue weighted by molar-refractivity contribution is 7.18. The average molecular weight is 375 g/mol. The van der Waals surface area contributed by atoms with Crippen LogP contribution in [-0.4, -0.2) is 25.8 Å². The Morgan fingerprint density at radius 2 is 1.89 bits per heavy atom. The summed E-state index contributed by atoms with van der Waals surface area (Å²) >= 11 is 1.55. The summed E-state index contributed by atoms with van der Waals surface area (Å²) in [6.45, 7) is 3.52. The molecule has 7 heteroatoms. The van der Waals surface area contributed by atoms with Crippen LogP contribution in [0.5, 0.6) is 0 Å². The highest BCUT2D eigenvalue weighted by atomic mass is 32.1. The summed E-state index contributed by atoms with van der Waals surface area (Å²) < 4.78 is 0. The van der Waals surface area contributed by atoms with Crippen molar-refractivity contribution in [3.8, 4) is 32.5 Å². The molecule has 0 radical (unpaired) electrons. The molecule has 0 fully saturated rings. The second-order valence-corrected chi connectivity index (χ2v) is 7.11. The van der Waals surface area contributed by atoms with E-state index in [1.54, 1.807) is 29.9 Å². The maximum atomic E-state index is 11.3. The minimum atomic E-state index is -0.157. The molecule has 0 aliphatic rings. The van der Waals surface area contributed by atoms with E-state index in [1.165, 1.54) is 12.5 Å². The van der Waals surface area contributed by atoms with Gasteiger partial charge in [-0.3, -0.25) is 4.79 Å². The summed E-state index contributed by atoms with van der Waals surface area (Å²) in [6, 6.07) is 12.0. The molecule has 0 saturated heterocycles. The van der Waals surface area contributed by atoms with Crippen molar-refractivity contribution in [1.82, 2.24) is 19.9 Å². The molecule has 4 aromatic rings. The fraction of sp³-hybridized carbons (Fsp3) is 0.100. The van der Waals surface area contributed by atoms with E-state index in [-0.39, 0.29) is 5.91 Å². The minimum Gasteiger partial charge on any atom is -0.344 e. The highest BCUT2D eigenvalue weighted by Crippen LogP contribution is 2.39.